The molecule has 108 valence electrons. The van der Waals surface area contributed by atoms with E-state index in [9.17, 15) is 18.0 Å². The predicted molar refractivity (Wildman–Crippen MR) is 64.2 cm³/mol. The lowest BCUT2D eigenvalue weighted by Gasteiger charge is -2.25. The fourth-order valence-electron chi connectivity index (χ4n) is 2.53. The summed E-state index contributed by atoms with van der Waals surface area (Å²) in [6.07, 6.45) is 0.0633. The first-order chi connectivity index (χ1) is 9.35. The van der Waals surface area contributed by atoms with Crippen LogP contribution >= 0.6 is 0 Å². The van der Waals surface area contributed by atoms with Crippen LogP contribution in [0.2, 0.25) is 0 Å². The monoisotopic (exact) mass is 285 g/mol. The summed E-state index contributed by atoms with van der Waals surface area (Å²) in [7, 11) is 0. The third-order valence-electron chi connectivity index (χ3n) is 4.09. The number of hydroxylamine groups is 2. The van der Waals surface area contributed by atoms with Crippen molar-refractivity contribution in [3.63, 3.8) is 0 Å². The summed E-state index contributed by atoms with van der Waals surface area (Å²) < 4.78 is 39.5. The molecule has 1 aliphatic carbocycles. The second-order valence-electron chi connectivity index (χ2n) is 5.53. The molecule has 0 radical (unpaired) electrons. The highest BCUT2D eigenvalue weighted by Crippen LogP contribution is 2.61. The van der Waals surface area contributed by atoms with E-state index >= 15 is 0 Å². The number of hydrogen-bond acceptors (Lipinski definition) is 2. The number of nitrogens with zero attached hydrogens (tertiary/aromatic N) is 1. The molecule has 0 N–H and O–H groups in total. The highest BCUT2D eigenvalue weighted by Gasteiger charge is 2.74. The molecular formula is C14H14F3NO2. The number of alkyl halides is 2. The van der Waals surface area contributed by atoms with Gasteiger partial charge in [0.1, 0.15) is 11.2 Å². The largest absolute Gasteiger partial charge is 0.272 e. The molecular weight excluding hydrogens is 271 g/mol. The molecule has 2 aliphatic rings. The Morgan fingerprint density at radius 1 is 1.35 bits per heavy atom. The number of amides is 1. The molecule has 0 aromatic heterocycles. The lowest BCUT2D eigenvalue weighted by Crippen LogP contribution is -2.37. The van der Waals surface area contributed by atoms with Gasteiger partial charge in [-0.15, -0.1) is 0 Å². The molecule has 1 unspecified atom stereocenters. The quantitative estimate of drug-likeness (QED) is 0.835. The number of hydrogen-bond donors (Lipinski definition) is 0. The molecule has 1 aliphatic heterocycles. The molecule has 1 amide bonds. The first-order valence-electron chi connectivity index (χ1n) is 6.45. The van der Waals surface area contributed by atoms with Gasteiger partial charge in [0.25, 0.3) is 11.8 Å². The highest BCUT2D eigenvalue weighted by atomic mass is 19.3. The van der Waals surface area contributed by atoms with E-state index in [2.05, 4.69) is 0 Å². The SMILES string of the molecule is CC1(C(=O)N2OCC[C@H]2c2ccc(F)cc2)CC1(F)F. The fourth-order valence-corrected chi connectivity index (χ4v) is 2.53. The van der Waals surface area contributed by atoms with Crippen molar-refractivity contribution in [1.82, 2.24) is 5.06 Å². The normalized spacial score (nSPS) is 31.4. The molecule has 6 heteroatoms. The fraction of sp³-hybridized carbons (Fsp3) is 0.500. The van der Waals surface area contributed by atoms with Crippen LogP contribution in [0.25, 0.3) is 0 Å². The van der Waals surface area contributed by atoms with Crippen molar-refractivity contribution in [3.8, 4) is 0 Å². The minimum Gasteiger partial charge on any atom is -0.272 e. The van der Waals surface area contributed by atoms with E-state index in [1.54, 1.807) is 12.1 Å². The van der Waals surface area contributed by atoms with Gasteiger partial charge in [0.05, 0.1) is 12.6 Å². The molecule has 0 bridgehead atoms. The third kappa shape index (κ3) is 1.90. The first kappa shape index (κ1) is 13.4. The van der Waals surface area contributed by atoms with Gasteiger partial charge in [0.15, 0.2) is 0 Å². The van der Waals surface area contributed by atoms with E-state index in [0.717, 1.165) is 5.06 Å². The Morgan fingerprint density at radius 2 is 1.95 bits per heavy atom. The Kier molecular flexibility index (Phi) is 2.83. The summed E-state index contributed by atoms with van der Waals surface area (Å²) in [5.41, 5.74) is -0.986. The topological polar surface area (TPSA) is 29.5 Å². The van der Waals surface area contributed by atoms with Crippen molar-refractivity contribution >= 4 is 5.91 Å². The van der Waals surface area contributed by atoms with Crippen molar-refractivity contribution in [2.24, 2.45) is 5.41 Å². The van der Waals surface area contributed by atoms with E-state index in [1.807, 2.05) is 0 Å². The Morgan fingerprint density at radius 3 is 2.50 bits per heavy atom. The molecule has 1 saturated heterocycles. The summed E-state index contributed by atoms with van der Waals surface area (Å²) in [6, 6.07) is 5.22. The Balaban J connectivity index is 1.83. The van der Waals surface area contributed by atoms with Crippen LogP contribution in [-0.2, 0) is 9.63 Å². The summed E-state index contributed by atoms with van der Waals surface area (Å²) in [5, 5.41) is 1.04. The number of halogens is 3. The van der Waals surface area contributed by atoms with E-state index in [0.29, 0.717) is 12.0 Å². The average Bonchev–Trinajstić information content (AvgIpc) is 2.80. The number of carbonyl (C=O) groups excluding carboxylic acids is 1. The van der Waals surface area contributed by atoms with Crippen LogP contribution in [0.4, 0.5) is 13.2 Å². The van der Waals surface area contributed by atoms with E-state index in [1.165, 1.54) is 19.1 Å². The molecule has 2 fully saturated rings. The van der Waals surface area contributed by atoms with Gasteiger partial charge in [-0.25, -0.2) is 18.2 Å². The van der Waals surface area contributed by atoms with Crippen LogP contribution in [0.15, 0.2) is 24.3 Å². The van der Waals surface area contributed by atoms with Crippen LogP contribution in [0.3, 0.4) is 0 Å². The first-order valence-corrected chi connectivity index (χ1v) is 6.45. The molecule has 3 nitrogen and oxygen atoms in total. The van der Waals surface area contributed by atoms with Gasteiger partial charge >= 0.3 is 0 Å². The maximum Gasteiger partial charge on any atom is 0.263 e. The van der Waals surface area contributed by atoms with Crippen molar-refractivity contribution in [2.75, 3.05) is 6.61 Å². The van der Waals surface area contributed by atoms with Gasteiger partial charge in [-0.2, -0.15) is 0 Å². The molecule has 0 spiro atoms. The third-order valence-corrected chi connectivity index (χ3v) is 4.09. The second kappa shape index (κ2) is 4.22. The maximum absolute atomic E-state index is 13.3. The minimum atomic E-state index is -2.97. The zero-order valence-electron chi connectivity index (χ0n) is 10.9. The van der Waals surface area contributed by atoms with Gasteiger partial charge < -0.3 is 0 Å². The van der Waals surface area contributed by atoms with Gasteiger partial charge in [0.2, 0.25) is 0 Å². The summed E-state index contributed by atoms with van der Waals surface area (Å²) >= 11 is 0. The van der Waals surface area contributed by atoms with Crippen molar-refractivity contribution in [2.45, 2.75) is 31.7 Å². The molecule has 1 saturated carbocycles. The van der Waals surface area contributed by atoms with Gasteiger partial charge in [-0.3, -0.25) is 9.63 Å². The lowest BCUT2D eigenvalue weighted by atomic mass is 10.0. The van der Waals surface area contributed by atoms with Crippen LogP contribution in [0.5, 0.6) is 0 Å². The van der Waals surface area contributed by atoms with E-state index in [-0.39, 0.29) is 12.4 Å². The summed E-state index contributed by atoms with van der Waals surface area (Å²) in [6.45, 7) is 1.54. The molecule has 1 aromatic rings. The number of carbonyl (C=O) groups is 1. The molecule has 2 atom stereocenters. The number of benzene rings is 1. The van der Waals surface area contributed by atoms with Crippen molar-refractivity contribution < 1.29 is 22.8 Å². The van der Waals surface area contributed by atoms with Crippen LogP contribution in [-0.4, -0.2) is 23.5 Å². The van der Waals surface area contributed by atoms with Crippen molar-refractivity contribution in [3.05, 3.63) is 35.6 Å². The van der Waals surface area contributed by atoms with Gasteiger partial charge in [-0.05, 0) is 24.6 Å². The van der Waals surface area contributed by atoms with Gasteiger partial charge in [-0.1, -0.05) is 12.1 Å². The van der Waals surface area contributed by atoms with Crippen LogP contribution in [0.1, 0.15) is 31.4 Å². The Hall–Kier alpha value is -1.56. The maximum atomic E-state index is 13.3. The Labute approximate surface area is 114 Å². The Bertz CT molecular complexity index is 546. The second-order valence-corrected chi connectivity index (χ2v) is 5.53. The molecule has 1 aromatic carbocycles. The van der Waals surface area contributed by atoms with E-state index in [4.69, 9.17) is 4.84 Å². The molecule has 3 rings (SSSR count). The zero-order chi connectivity index (χ0) is 14.5. The molecule has 20 heavy (non-hydrogen) atoms. The van der Waals surface area contributed by atoms with Crippen LogP contribution in [0, 0.1) is 11.2 Å². The summed E-state index contributed by atoms with van der Waals surface area (Å²) in [4.78, 5) is 17.5. The molecule has 1 heterocycles. The highest BCUT2D eigenvalue weighted by molar-refractivity contribution is 5.86. The lowest BCUT2D eigenvalue weighted by molar-refractivity contribution is -0.186. The summed E-state index contributed by atoms with van der Waals surface area (Å²) in [5.74, 6) is -4.05. The van der Waals surface area contributed by atoms with Crippen molar-refractivity contribution in [1.29, 1.82) is 0 Å². The van der Waals surface area contributed by atoms with Gasteiger partial charge in [0, 0.05) is 12.8 Å². The standard InChI is InChI=1S/C14H14F3NO2/c1-13(8-14(13,16)17)12(19)18-11(6-7-20-18)9-2-4-10(15)5-3-9/h2-5,11H,6-8H2,1H3/t11-,13?/m0/s1. The minimum absolute atomic E-state index is 0.287. The van der Waals surface area contributed by atoms with E-state index < -0.39 is 29.7 Å². The number of rotatable bonds is 2. The smallest absolute Gasteiger partial charge is 0.263 e. The predicted octanol–water partition coefficient (Wildman–Crippen LogP) is 3.08. The zero-order valence-corrected chi connectivity index (χ0v) is 10.9. The van der Waals surface area contributed by atoms with Crippen LogP contribution < -0.4 is 0 Å². The average molecular weight is 285 g/mol.